The summed E-state index contributed by atoms with van der Waals surface area (Å²) in [5.74, 6) is 0.218. The van der Waals surface area contributed by atoms with Crippen molar-refractivity contribution in [2.45, 2.75) is 46.1 Å². The molecule has 3 aromatic carbocycles. The average Bonchev–Trinajstić information content (AvgIpc) is 3.26. The number of carbonyl (C=O) groups is 3. The van der Waals surface area contributed by atoms with Gasteiger partial charge in [-0.25, -0.2) is 0 Å². The number of Topliss-reactive ketones (excluding diaryl/α,β-unsaturated/α-hetero) is 1. The zero-order valence-electron chi connectivity index (χ0n) is 21.1. The molecule has 0 N–H and O–H groups in total. The number of ketones is 1. The molecule has 1 heterocycles. The molecule has 0 bridgehead atoms. The molecule has 6 heteroatoms. The van der Waals surface area contributed by atoms with E-state index >= 15 is 0 Å². The van der Waals surface area contributed by atoms with Gasteiger partial charge in [0.25, 0.3) is 0 Å². The first kappa shape index (κ1) is 25.2. The quantitative estimate of drug-likeness (QED) is 0.286. The predicted octanol–water partition coefficient (Wildman–Crippen LogP) is 6.08. The monoisotopic (exact) mass is 485 g/mol. The Bertz CT molecular complexity index is 1250. The van der Waals surface area contributed by atoms with E-state index in [-0.39, 0.29) is 24.7 Å². The molecule has 0 spiro atoms. The maximum absolute atomic E-state index is 12.7. The fraction of sp³-hybridized carbons (Fsp3) is 0.300. The number of ether oxygens (including phenoxy) is 2. The van der Waals surface area contributed by atoms with E-state index in [4.69, 9.17) is 9.47 Å². The Kier molecular flexibility index (Phi) is 7.53. The molecule has 0 unspecified atom stereocenters. The molecule has 4 rings (SSSR count). The van der Waals surface area contributed by atoms with Crippen LogP contribution in [0.4, 0.5) is 5.69 Å². The summed E-state index contributed by atoms with van der Waals surface area (Å²) >= 11 is 0. The zero-order chi connectivity index (χ0) is 25.8. The van der Waals surface area contributed by atoms with Crippen molar-refractivity contribution >= 4 is 23.3 Å². The average molecular weight is 486 g/mol. The van der Waals surface area contributed by atoms with Gasteiger partial charge in [-0.2, -0.15) is 0 Å². The number of aryl methyl sites for hydroxylation is 1. The summed E-state index contributed by atoms with van der Waals surface area (Å²) in [4.78, 5) is 39.5. The molecule has 1 aliphatic heterocycles. The first-order valence-corrected chi connectivity index (χ1v) is 12.2. The number of carbonyl (C=O) groups excluding carboxylic acids is 3. The Morgan fingerprint density at radius 1 is 0.944 bits per heavy atom. The van der Waals surface area contributed by atoms with Crippen molar-refractivity contribution in [1.82, 2.24) is 0 Å². The van der Waals surface area contributed by atoms with Crippen molar-refractivity contribution in [3.8, 4) is 11.5 Å². The van der Waals surface area contributed by atoms with Crippen molar-refractivity contribution in [3.05, 3.63) is 89.5 Å². The van der Waals surface area contributed by atoms with Crippen LogP contribution in [0, 0.1) is 12.8 Å². The Labute approximate surface area is 211 Å². The van der Waals surface area contributed by atoms with Crippen LogP contribution in [0.1, 0.15) is 54.6 Å². The summed E-state index contributed by atoms with van der Waals surface area (Å²) in [7, 11) is 0. The second kappa shape index (κ2) is 10.8. The van der Waals surface area contributed by atoms with E-state index in [2.05, 4.69) is 26.0 Å². The molecule has 0 saturated carbocycles. The molecule has 6 nitrogen and oxygen atoms in total. The van der Waals surface area contributed by atoms with Crippen LogP contribution in [-0.4, -0.2) is 30.3 Å². The summed E-state index contributed by atoms with van der Waals surface area (Å²) in [6.45, 7) is 8.04. The molecular formula is C30H31NO5. The predicted molar refractivity (Wildman–Crippen MR) is 139 cm³/mol. The number of hydrogen-bond donors (Lipinski definition) is 0. The van der Waals surface area contributed by atoms with Gasteiger partial charge in [0.2, 0.25) is 11.7 Å². The minimum atomic E-state index is -0.919. The van der Waals surface area contributed by atoms with Gasteiger partial charge in [0.1, 0.15) is 11.5 Å². The van der Waals surface area contributed by atoms with E-state index in [0.29, 0.717) is 22.9 Å². The first-order valence-electron chi connectivity index (χ1n) is 12.2. The Balaban J connectivity index is 1.39. The van der Waals surface area contributed by atoms with Crippen molar-refractivity contribution in [1.29, 1.82) is 0 Å². The maximum atomic E-state index is 12.7. The van der Waals surface area contributed by atoms with Gasteiger partial charge in [0.15, 0.2) is 6.10 Å². The molecule has 3 aromatic rings. The molecule has 0 aromatic heterocycles. The molecule has 2 atom stereocenters. The van der Waals surface area contributed by atoms with Crippen LogP contribution in [-0.2, 0) is 14.3 Å². The second-order valence-electron chi connectivity index (χ2n) is 9.51. The lowest BCUT2D eigenvalue weighted by atomic mass is 10.0. The minimum Gasteiger partial charge on any atom is -0.457 e. The van der Waals surface area contributed by atoms with Gasteiger partial charge in [0, 0.05) is 24.2 Å². The number of rotatable bonds is 8. The SMILES string of the molecule is Cc1ccc(C(C)C)c(Oc2ccc(N3C[C@@H](C(=O)O[C@@H](C)C(=O)c4ccccc4)CC3=O)cc2)c1. The Morgan fingerprint density at radius 3 is 2.31 bits per heavy atom. The van der Waals surface area contributed by atoms with Gasteiger partial charge in [-0.05, 0) is 61.2 Å². The van der Waals surface area contributed by atoms with Gasteiger partial charge in [-0.1, -0.05) is 56.3 Å². The normalized spacial score (nSPS) is 16.2. The fourth-order valence-corrected chi connectivity index (χ4v) is 4.30. The summed E-state index contributed by atoms with van der Waals surface area (Å²) < 4.78 is 11.6. The first-order chi connectivity index (χ1) is 17.2. The van der Waals surface area contributed by atoms with E-state index in [1.54, 1.807) is 36.1 Å². The van der Waals surface area contributed by atoms with Crippen molar-refractivity contribution < 1.29 is 23.9 Å². The highest BCUT2D eigenvalue weighted by molar-refractivity contribution is 6.02. The fourth-order valence-electron chi connectivity index (χ4n) is 4.30. The molecule has 186 valence electrons. The van der Waals surface area contributed by atoms with E-state index in [1.807, 2.05) is 43.3 Å². The highest BCUT2D eigenvalue weighted by Crippen LogP contribution is 2.33. The Morgan fingerprint density at radius 2 is 1.64 bits per heavy atom. The van der Waals surface area contributed by atoms with Crippen LogP contribution >= 0.6 is 0 Å². The van der Waals surface area contributed by atoms with Crippen molar-refractivity contribution in [3.63, 3.8) is 0 Å². The molecule has 0 radical (unpaired) electrons. The summed E-state index contributed by atoms with van der Waals surface area (Å²) in [5.41, 5.74) is 3.41. The number of nitrogens with zero attached hydrogens (tertiary/aromatic N) is 1. The molecule has 1 aliphatic rings. The highest BCUT2D eigenvalue weighted by Gasteiger charge is 2.37. The van der Waals surface area contributed by atoms with Crippen LogP contribution < -0.4 is 9.64 Å². The van der Waals surface area contributed by atoms with Crippen LogP contribution in [0.5, 0.6) is 11.5 Å². The third-order valence-electron chi connectivity index (χ3n) is 6.35. The molecule has 0 aliphatic carbocycles. The minimum absolute atomic E-state index is 0.0460. The topological polar surface area (TPSA) is 72.9 Å². The zero-order valence-corrected chi connectivity index (χ0v) is 21.1. The van der Waals surface area contributed by atoms with Crippen molar-refractivity contribution in [2.24, 2.45) is 5.92 Å². The van der Waals surface area contributed by atoms with E-state index in [1.165, 1.54) is 0 Å². The number of benzene rings is 3. The lowest BCUT2D eigenvalue weighted by Gasteiger charge is -2.19. The highest BCUT2D eigenvalue weighted by atomic mass is 16.5. The van der Waals surface area contributed by atoms with E-state index in [0.717, 1.165) is 16.9 Å². The standard InChI is InChI=1S/C30H31NO5/c1-19(2)26-15-10-20(3)16-27(26)36-25-13-11-24(12-14-25)31-18-23(17-28(31)32)30(34)35-21(4)29(33)22-8-6-5-7-9-22/h5-16,19,21,23H,17-18H2,1-4H3/t21-,23-/m0/s1. The van der Waals surface area contributed by atoms with Gasteiger partial charge < -0.3 is 14.4 Å². The molecule has 1 saturated heterocycles. The number of anilines is 1. The molecule has 1 fully saturated rings. The second-order valence-corrected chi connectivity index (χ2v) is 9.51. The van der Waals surface area contributed by atoms with Crippen LogP contribution in [0.3, 0.4) is 0 Å². The largest absolute Gasteiger partial charge is 0.457 e. The number of amides is 1. The summed E-state index contributed by atoms with van der Waals surface area (Å²) in [6, 6.07) is 22.1. The number of esters is 1. The third kappa shape index (κ3) is 5.65. The lowest BCUT2D eigenvalue weighted by Crippen LogP contribution is -2.30. The summed E-state index contributed by atoms with van der Waals surface area (Å²) in [5, 5.41) is 0. The van der Waals surface area contributed by atoms with Crippen LogP contribution in [0.2, 0.25) is 0 Å². The van der Waals surface area contributed by atoms with Gasteiger partial charge in [-0.3, -0.25) is 14.4 Å². The number of hydrogen-bond acceptors (Lipinski definition) is 5. The van der Waals surface area contributed by atoms with E-state index in [9.17, 15) is 14.4 Å². The van der Waals surface area contributed by atoms with Crippen molar-refractivity contribution in [2.75, 3.05) is 11.4 Å². The summed E-state index contributed by atoms with van der Waals surface area (Å²) in [6.07, 6.45) is -0.873. The molecule has 36 heavy (non-hydrogen) atoms. The lowest BCUT2D eigenvalue weighted by molar-refractivity contribution is -0.151. The molecular weight excluding hydrogens is 454 g/mol. The Hall–Kier alpha value is -3.93. The van der Waals surface area contributed by atoms with E-state index < -0.39 is 18.0 Å². The third-order valence-corrected chi connectivity index (χ3v) is 6.35. The maximum Gasteiger partial charge on any atom is 0.312 e. The van der Waals surface area contributed by atoms with Gasteiger partial charge in [0.05, 0.1) is 5.92 Å². The van der Waals surface area contributed by atoms with Crippen LogP contribution in [0.25, 0.3) is 0 Å². The molecule has 1 amide bonds. The van der Waals surface area contributed by atoms with Gasteiger partial charge in [-0.15, -0.1) is 0 Å². The van der Waals surface area contributed by atoms with Gasteiger partial charge >= 0.3 is 5.97 Å². The smallest absolute Gasteiger partial charge is 0.312 e. The van der Waals surface area contributed by atoms with Crippen LogP contribution in [0.15, 0.2) is 72.8 Å².